The van der Waals surface area contributed by atoms with E-state index in [1.165, 1.54) is 11.1 Å². The lowest BCUT2D eigenvalue weighted by Gasteiger charge is -2.45. The number of hydrogen-bond donors (Lipinski definition) is 2. The van der Waals surface area contributed by atoms with Crippen LogP contribution >= 0.6 is 0 Å². The summed E-state index contributed by atoms with van der Waals surface area (Å²) in [6.07, 6.45) is 2.22. The number of carbonyl (C=O) groups excluding carboxylic acids is 2. The smallest absolute Gasteiger partial charge is 0.410 e. The molecule has 3 saturated heterocycles. The molecule has 2 atom stereocenters. The molecule has 0 aliphatic carbocycles. The third-order valence-corrected chi connectivity index (χ3v) is 7.29. The largest absolute Gasteiger partial charge is 0.481 e. The Morgan fingerprint density at radius 1 is 0.865 bits per heavy atom. The molecule has 2 N–H and O–H groups in total. The number of fused-ring (bicyclic) bond motifs is 4. The van der Waals surface area contributed by atoms with Gasteiger partial charge in [0.15, 0.2) is 0 Å². The van der Waals surface area contributed by atoms with Gasteiger partial charge < -0.3 is 14.9 Å². The fourth-order valence-corrected chi connectivity index (χ4v) is 5.33. The normalized spacial score (nSPS) is 23.7. The fourth-order valence-electron chi connectivity index (χ4n) is 5.33. The van der Waals surface area contributed by atoms with Crippen molar-refractivity contribution >= 4 is 23.8 Å². The number of hydrogen-bond acceptors (Lipinski definition) is 6. The third kappa shape index (κ3) is 6.54. The maximum Gasteiger partial charge on any atom is 0.410 e. The number of benzene rings is 2. The number of rotatable bonds is 6. The summed E-state index contributed by atoms with van der Waals surface area (Å²) in [6, 6.07) is 18.8. The van der Waals surface area contributed by atoms with Crippen LogP contribution < -0.4 is 0 Å². The highest BCUT2D eigenvalue weighted by Crippen LogP contribution is 2.36. The highest BCUT2D eigenvalue weighted by molar-refractivity contribution is 6.32. The van der Waals surface area contributed by atoms with Gasteiger partial charge in [0.2, 0.25) is 5.78 Å². The van der Waals surface area contributed by atoms with Gasteiger partial charge in [-0.05, 0) is 55.0 Å². The van der Waals surface area contributed by atoms with Crippen LogP contribution in [0.4, 0.5) is 4.79 Å². The summed E-state index contributed by atoms with van der Waals surface area (Å²) < 4.78 is 6.08. The Morgan fingerprint density at radius 3 is 2.16 bits per heavy atom. The Labute approximate surface area is 215 Å². The summed E-state index contributed by atoms with van der Waals surface area (Å²) in [6.45, 7) is 3.91. The second-order valence-corrected chi connectivity index (χ2v) is 9.64. The molecule has 6 rings (SSSR count). The molecule has 0 aromatic heterocycles. The first-order valence-electron chi connectivity index (χ1n) is 12.6. The van der Waals surface area contributed by atoms with Gasteiger partial charge in [0.1, 0.15) is 6.10 Å². The highest BCUT2D eigenvalue weighted by atomic mass is 16.6. The van der Waals surface area contributed by atoms with Gasteiger partial charge in [-0.25, -0.2) is 9.59 Å². The summed E-state index contributed by atoms with van der Waals surface area (Å²) >= 11 is 0. The van der Waals surface area contributed by atoms with Gasteiger partial charge in [-0.1, -0.05) is 54.6 Å². The molecular formula is C28H32N2O7. The van der Waals surface area contributed by atoms with Crippen LogP contribution in [-0.4, -0.2) is 76.1 Å². The van der Waals surface area contributed by atoms with Crippen molar-refractivity contribution < 1.29 is 34.1 Å². The van der Waals surface area contributed by atoms with E-state index in [4.69, 9.17) is 14.9 Å². The van der Waals surface area contributed by atoms with Gasteiger partial charge in [0.05, 0.1) is 12.5 Å². The van der Waals surface area contributed by atoms with Gasteiger partial charge in [0.25, 0.3) is 0 Å². The number of aliphatic carboxylic acids is 2. The number of Topliss-reactive ketones (excluding diaryl/α,β-unsaturated/α-hetero) is 1. The van der Waals surface area contributed by atoms with Gasteiger partial charge in [-0.15, -0.1) is 0 Å². The molecule has 9 heteroatoms. The minimum absolute atomic E-state index is 0.0496. The van der Waals surface area contributed by atoms with Crippen molar-refractivity contribution in [2.75, 3.05) is 26.2 Å². The van der Waals surface area contributed by atoms with Crippen LogP contribution in [0.3, 0.4) is 0 Å². The van der Waals surface area contributed by atoms with E-state index in [-0.39, 0.29) is 18.2 Å². The molecule has 9 nitrogen and oxygen atoms in total. The first-order valence-corrected chi connectivity index (χ1v) is 12.6. The monoisotopic (exact) mass is 508 g/mol. The molecule has 0 radical (unpaired) electrons. The maximum absolute atomic E-state index is 13.2. The summed E-state index contributed by atoms with van der Waals surface area (Å²) in [7, 11) is 0. The van der Waals surface area contributed by atoms with Crippen LogP contribution in [0.5, 0.6) is 0 Å². The van der Waals surface area contributed by atoms with Crippen molar-refractivity contribution in [1.29, 1.82) is 0 Å². The topological polar surface area (TPSA) is 124 Å². The summed E-state index contributed by atoms with van der Waals surface area (Å²) in [5.74, 6) is -3.29. The molecule has 2 aromatic carbocycles. The zero-order valence-electron chi connectivity index (χ0n) is 20.6. The molecule has 1 amide bonds. The lowest BCUT2D eigenvalue weighted by atomic mass is 9.86. The molecule has 2 aromatic rings. The SMILES string of the molecule is O=C(O)CCC(=O)C(=O)O.O=C(O[C@H]1CN2CCC1CC2)N1CCc2ccccc2[C@@H]1c1ccccc1. The van der Waals surface area contributed by atoms with Crippen LogP contribution in [0.15, 0.2) is 54.6 Å². The van der Waals surface area contributed by atoms with Crippen molar-refractivity contribution in [3.8, 4) is 0 Å². The molecule has 0 unspecified atom stereocenters. The molecule has 0 spiro atoms. The second kappa shape index (κ2) is 12.0. The summed E-state index contributed by atoms with van der Waals surface area (Å²) in [4.78, 5) is 47.3. The van der Waals surface area contributed by atoms with Gasteiger partial charge in [0, 0.05) is 19.5 Å². The van der Waals surface area contributed by atoms with E-state index in [0.717, 1.165) is 44.5 Å². The molecule has 4 aliphatic heterocycles. The minimum atomic E-state index is -1.58. The highest BCUT2D eigenvalue weighted by Gasteiger charge is 2.39. The fraction of sp³-hybridized carbons (Fsp3) is 0.429. The molecule has 0 saturated carbocycles. The second-order valence-electron chi connectivity index (χ2n) is 9.64. The Morgan fingerprint density at radius 2 is 1.54 bits per heavy atom. The first-order chi connectivity index (χ1) is 17.8. The maximum atomic E-state index is 13.2. The molecule has 37 heavy (non-hydrogen) atoms. The van der Waals surface area contributed by atoms with Crippen LogP contribution in [0, 0.1) is 5.92 Å². The van der Waals surface area contributed by atoms with Gasteiger partial charge in [-0.3, -0.25) is 19.4 Å². The van der Waals surface area contributed by atoms with Crippen LogP contribution in [0.1, 0.15) is 48.4 Å². The van der Waals surface area contributed by atoms with Crippen molar-refractivity contribution in [1.82, 2.24) is 9.80 Å². The number of carbonyl (C=O) groups is 4. The van der Waals surface area contributed by atoms with Crippen LogP contribution in [0.2, 0.25) is 0 Å². The average molecular weight is 509 g/mol. The quantitative estimate of drug-likeness (QED) is 0.569. The molecule has 4 heterocycles. The van der Waals surface area contributed by atoms with E-state index < -0.39 is 30.6 Å². The van der Waals surface area contributed by atoms with Crippen molar-refractivity contribution in [3.05, 3.63) is 71.3 Å². The number of ether oxygens (including phenoxy) is 1. The summed E-state index contributed by atoms with van der Waals surface area (Å²) in [5, 5.41) is 16.0. The summed E-state index contributed by atoms with van der Waals surface area (Å²) in [5.41, 5.74) is 3.70. The first kappa shape index (κ1) is 26.3. The zero-order valence-corrected chi connectivity index (χ0v) is 20.6. The number of carboxylic acid groups (broad SMARTS) is 2. The molecular weight excluding hydrogens is 476 g/mol. The van der Waals surface area contributed by atoms with Crippen molar-refractivity contribution in [3.63, 3.8) is 0 Å². The number of amides is 1. The lowest BCUT2D eigenvalue weighted by molar-refractivity contribution is -0.149. The Kier molecular flexibility index (Phi) is 8.55. The predicted octanol–water partition coefficient (Wildman–Crippen LogP) is 3.37. The Hall–Kier alpha value is -3.72. The number of carboxylic acids is 2. The van der Waals surface area contributed by atoms with Crippen molar-refractivity contribution in [2.45, 2.75) is 44.2 Å². The Balaban J connectivity index is 0.000000275. The third-order valence-electron chi connectivity index (χ3n) is 7.29. The zero-order chi connectivity index (χ0) is 26.4. The average Bonchev–Trinajstić information content (AvgIpc) is 2.92. The predicted molar refractivity (Wildman–Crippen MR) is 134 cm³/mol. The van der Waals surface area contributed by atoms with E-state index in [2.05, 4.69) is 41.3 Å². The Bertz CT molecular complexity index is 1130. The van der Waals surface area contributed by atoms with Crippen LogP contribution in [0.25, 0.3) is 0 Å². The number of nitrogens with zero attached hydrogens (tertiary/aromatic N) is 2. The van der Waals surface area contributed by atoms with Gasteiger partial charge in [-0.2, -0.15) is 0 Å². The standard InChI is InChI=1S/C23H26N2O2.C5H6O5/c26-23(27-21-16-24-13-10-18(21)11-14-24)25-15-12-17-6-4-5-9-20(17)22(25)19-7-2-1-3-8-19;6-3(5(9)10)1-2-4(7)8/h1-9,18,21-22H,10-16H2;1-2H2,(H,7,8)(H,9,10)/t21-,22-;/m0./s1. The molecule has 4 aliphatic rings. The van der Waals surface area contributed by atoms with E-state index in [1.54, 1.807) is 0 Å². The lowest BCUT2D eigenvalue weighted by Crippen LogP contribution is -2.53. The minimum Gasteiger partial charge on any atom is -0.481 e. The number of piperidine rings is 3. The van der Waals surface area contributed by atoms with Gasteiger partial charge >= 0.3 is 18.0 Å². The molecule has 196 valence electrons. The van der Waals surface area contributed by atoms with Crippen LogP contribution in [-0.2, 0) is 25.5 Å². The number of ketones is 1. The van der Waals surface area contributed by atoms with Crippen molar-refractivity contribution in [2.24, 2.45) is 5.92 Å². The molecule has 2 bridgehead atoms. The van der Waals surface area contributed by atoms with E-state index >= 15 is 0 Å². The molecule has 3 fully saturated rings. The van der Waals surface area contributed by atoms with E-state index in [9.17, 15) is 19.2 Å². The van der Waals surface area contributed by atoms with E-state index in [0.29, 0.717) is 12.5 Å². The van der Waals surface area contributed by atoms with E-state index in [1.807, 2.05) is 23.1 Å².